The van der Waals surface area contributed by atoms with Gasteiger partial charge in [0, 0.05) is 18.4 Å². The van der Waals surface area contributed by atoms with Gasteiger partial charge in [-0.15, -0.1) is 0 Å². The van der Waals surface area contributed by atoms with E-state index in [4.69, 9.17) is 0 Å². The molecule has 1 heterocycles. The molecule has 2 heteroatoms. The molecule has 0 amide bonds. The summed E-state index contributed by atoms with van der Waals surface area (Å²) >= 11 is 0. The maximum atomic E-state index is 12.7. The lowest BCUT2D eigenvalue weighted by atomic mass is 10.1. The van der Waals surface area contributed by atoms with Crippen molar-refractivity contribution in [1.82, 2.24) is 4.57 Å². The third-order valence-electron chi connectivity index (χ3n) is 2.51. The number of hydrogen-bond donors (Lipinski definition) is 0. The van der Waals surface area contributed by atoms with Crippen LogP contribution in [0.5, 0.6) is 0 Å². The van der Waals surface area contributed by atoms with Crippen LogP contribution in [0.1, 0.15) is 5.69 Å². The van der Waals surface area contributed by atoms with Gasteiger partial charge in [0.05, 0.1) is 0 Å². The highest BCUT2D eigenvalue weighted by molar-refractivity contribution is 5.60. The molecule has 0 N–H and O–H groups in total. The largest absolute Gasteiger partial charge is 0.348 e. The van der Waals surface area contributed by atoms with Crippen LogP contribution >= 0.6 is 0 Å². The van der Waals surface area contributed by atoms with Gasteiger partial charge in [0.2, 0.25) is 0 Å². The van der Waals surface area contributed by atoms with Crippen LogP contribution in [0.3, 0.4) is 0 Å². The Morgan fingerprint density at radius 1 is 1.00 bits per heavy atom. The predicted octanol–water partition coefficient (Wildman–Crippen LogP) is 3.14. The normalized spacial score (nSPS) is 10.5. The van der Waals surface area contributed by atoms with Gasteiger partial charge in [-0.05, 0) is 48.9 Å². The van der Waals surface area contributed by atoms with E-state index in [1.807, 2.05) is 20.0 Å². The van der Waals surface area contributed by atoms with E-state index in [-0.39, 0.29) is 5.82 Å². The summed E-state index contributed by atoms with van der Waals surface area (Å²) in [4.78, 5) is 0. The van der Waals surface area contributed by atoms with Gasteiger partial charge >= 0.3 is 0 Å². The first-order chi connectivity index (χ1) is 6.68. The fourth-order valence-electron chi connectivity index (χ4n) is 1.52. The van der Waals surface area contributed by atoms with Crippen molar-refractivity contribution in [1.29, 1.82) is 0 Å². The highest BCUT2D eigenvalue weighted by Gasteiger charge is 2.03. The zero-order valence-electron chi connectivity index (χ0n) is 8.29. The number of aromatic nitrogens is 1. The van der Waals surface area contributed by atoms with E-state index in [1.54, 1.807) is 12.1 Å². The second kappa shape index (κ2) is 3.29. The third kappa shape index (κ3) is 1.43. The van der Waals surface area contributed by atoms with Gasteiger partial charge < -0.3 is 4.57 Å². The Hall–Kier alpha value is -1.57. The Bertz CT molecular complexity index is 440. The topological polar surface area (TPSA) is 4.93 Å². The van der Waals surface area contributed by atoms with Gasteiger partial charge in [-0.1, -0.05) is 0 Å². The second-order valence-electron chi connectivity index (χ2n) is 3.43. The zero-order valence-corrected chi connectivity index (χ0v) is 8.29. The SMILES string of the molecule is Cc1ccc(-c2ccc(F)cc2)n1C. The van der Waals surface area contributed by atoms with Crippen LogP contribution in [0.25, 0.3) is 11.3 Å². The molecule has 2 aromatic rings. The number of rotatable bonds is 1. The van der Waals surface area contributed by atoms with Gasteiger partial charge in [-0.25, -0.2) is 4.39 Å². The molecule has 14 heavy (non-hydrogen) atoms. The zero-order chi connectivity index (χ0) is 10.1. The fraction of sp³-hybridized carbons (Fsp3) is 0.167. The maximum Gasteiger partial charge on any atom is 0.123 e. The summed E-state index contributed by atoms with van der Waals surface area (Å²) in [6.45, 7) is 2.05. The first-order valence-electron chi connectivity index (χ1n) is 4.57. The van der Waals surface area contributed by atoms with Crippen molar-refractivity contribution >= 4 is 0 Å². The van der Waals surface area contributed by atoms with Crippen molar-refractivity contribution in [2.45, 2.75) is 6.92 Å². The number of nitrogens with zero attached hydrogens (tertiary/aromatic N) is 1. The molecule has 0 fully saturated rings. The maximum absolute atomic E-state index is 12.7. The van der Waals surface area contributed by atoms with Crippen molar-refractivity contribution in [2.24, 2.45) is 7.05 Å². The number of aryl methyl sites for hydroxylation is 1. The van der Waals surface area contributed by atoms with Crippen molar-refractivity contribution in [2.75, 3.05) is 0 Å². The summed E-state index contributed by atoms with van der Waals surface area (Å²) in [7, 11) is 2.01. The van der Waals surface area contributed by atoms with Crippen LogP contribution in [-0.2, 0) is 7.05 Å². The lowest BCUT2D eigenvalue weighted by Crippen LogP contribution is -1.93. The standard InChI is InChI=1S/C12H12FN/c1-9-3-8-12(14(9)2)10-4-6-11(13)7-5-10/h3-8H,1-2H3. The molecular weight excluding hydrogens is 177 g/mol. The summed E-state index contributed by atoms with van der Waals surface area (Å²) in [6.07, 6.45) is 0. The van der Waals surface area contributed by atoms with E-state index in [9.17, 15) is 4.39 Å². The van der Waals surface area contributed by atoms with Crippen molar-refractivity contribution in [3.05, 3.63) is 47.9 Å². The summed E-state index contributed by atoms with van der Waals surface area (Å²) in [5.74, 6) is -0.195. The van der Waals surface area contributed by atoms with E-state index in [2.05, 4.69) is 10.6 Å². The average molecular weight is 189 g/mol. The first kappa shape index (κ1) is 9.00. The van der Waals surface area contributed by atoms with Crippen LogP contribution in [0.2, 0.25) is 0 Å². The minimum absolute atomic E-state index is 0.195. The van der Waals surface area contributed by atoms with E-state index < -0.39 is 0 Å². The molecule has 0 spiro atoms. The second-order valence-corrected chi connectivity index (χ2v) is 3.43. The molecule has 0 aliphatic heterocycles. The summed E-state index contributed by atoms with van der Waals surface area (Å²) in [5, 5.41) is 0. The average Bonchev–Trinajstić information content (AvgIpc) is 2.50. The van der Waals surface area contributed by atoms with Crippen molar-refractivity contribution in [3.63, 3.8) is 0 Å². The molecule has 0 unspecified atom stereocenters. The number of hydrogen-bond acceptors (Lipinski definition) is 0. The Balaban J connectivity index is 2.49. The summed E-state index contributed by atoms with van der Waals surface area (Å²) in [5.41, 5.74) is 3.36. The molecule has 2 rings (SSSR count). The molecular formula is C12H12FN. The highest BCUT2D eigenvalue weighted by Crippen LogP contribution is 2.21. The molecule has 0 aliphatic carbocycles. The monoisotopic (exact) mass is 189 g/mol. The summed E-state index contributed by atoms with van der Waals surface area (Å²) in [6, 6.07) is 10.7. The first-order valence-corrected chi connectivity index (χ1v) is 4.57. The quantitative estimate of drug-likeness (QED) is 0.649. The molecule has 1 aromatic carbocycles. The fourth-order valence-corrected chi connectivity index (χ4v) is 1.52. The highest BCUT2D eigenvalue weighted by atomic mass is 19.1. The molecule has 0 bridgehead atoms. The molecule has 0 saturated carbocycles. The van der Waals surface area contributed by atoms with Crippen LogP contribution in [0.4, 0.5) is 4.39 Å². The molecule has 0 saturated heterocycles. The van der Waals surface area contributed by atoms with Crippen LogP contribution < -0.4 is 0 Å². The molecule has 72 valence electrons. The molecule has 1 aromatic heterocycles. The third-order valence-corrected chi connectivity index (χ3v) is 2.51. The van der Waals surface area contributed by atoms with Crippen molar-refractivity contribution in [3.8, 4) is 11.3 Å². The summed E-state index contributed by atoms with van der Waals surface area (Å²) < 4.78 is 14.8. The van der Waals surface area contributed by atoms with Crippen molar-refractivity contribution < 1.29 is 4.39 Å². The van der Waals surface area contributed by atoms with Gasteiger partial charge in [-0.2, -0.15) is 0 Å². The Labute approximate surface area is 82.8 Å². The van der Waals surface area contributed by atoms with Gasteiger partial charge in [0.1, 0.15) is 5.82 Å². The number of benzene rings is 1. The van der Waals surface area contributed by atoms with E-state index in [0.717, 1.165) is 11.3 Å². The van der Waals surface area contributed by atoms with E-state index in [1.165, 1.54) is 17.8 Å². The van der Waals surface area contributed by atoms with Crippen LogP contribution in [-0.4, -0.2) is 4.57 Å². The molecule has 0 atom stereocenters. The Morgan fingerprint density at radius 3 is 2.14 bits per heavy atom. The smallest absolute Gasteiger partial charge is 0.123 e. The van der Waals surface area contributed by atoms with Crippen LogP contribution in [0.15, 0.2) is 36.4 Å². The van der Waals surface area contributed by atoms with E-state index in [0.29, 0.717) is 0 Å². The predicted molar refractivity (Wildman–Crippen MR) is 55.5 cm³/mol. The Morgan fingerprint density at radius 2 is 1.64 bits per heavy atom. The minimum atomic E-state index is -0.195. The van der Waals surface area contributed by atoms with Gasteiger partial charge in [-0.3, -0.25) is 0 Å². The molecule has 0 radical (unpaired) electrons. The van der Waals surface area contributed by atoms with Gasteiger partial charge in [0.25, 0.3) is 0 Å². The molecule has 1 nitrogen and oxygen atoms in total. The van der Waals surface area contributed by atoms with Gasteiger partial charge in [0.15, 0.2) is 0 Å². The minimum Gasteiger partial charge on any atom is -0.348 e. The Kier molecular flexibility index (Phi) is 2.12. The molecule has 0 aliphatic rings. The lowest BCUT2D eigenvalue weighted by molar-refractivity contribution is 0.628. The number of halogens is 1. The van der Waals surface area contributed by atoms with E-state index >= 15 is 0 Å². The lowest BCUT2D eigenvalue weighted by Gasteiger charge is -2.04. The van der Waals surface area contributed by atoms with Crippen LogP contribution in [0, 0.1) is 12.7 Å².